The summed E-state index contributed by atoms with van der Waals surface area (Å²) < 4.78 is 0. The summed E-state index contributed by atoms with van der Waals surface area (Å²) in [6, 6.07) is 0.337. The fourth-order valence-electron chi connectivity index (χ4n) is 2.99. The van der Waals surface area contributed by atoms with Gasteiger partial charge in [-0.2, -0.15) is 0 Å². The Balaban J connectivity index is 1.93. The molecular weight excluding hydrogens is 224 g/mol. The van der Waals surface area contributed by atoms with E-state index in [1.54, 1.807) is 0 Å². The molecule has 0 spiro atoms. The Labute approximate surface area is 111 Å². The Hall–Kier alpha value is -0.570. The molecule has 1 saturated carbocycles. The van der Waals surface area contributed by atoms with Gasteiger partial charge in [-0.15, -0.1) is 0 Å². The first kappa shape index (κ1) is 13.9. The van der Waals surface area contributed by atoms with Gasteiger partial charge in [-0.05, 0) is 57.5 Å². The topological polar surface area (TPSA) is 32.3 Å². The monoisotopic (exact) mass is 252 g/mol. The number of piperidine rings is 1. The van der Waals surface area contributed by atoms with Crippen LogP contribution in [0.1, 0.15) is 47.0 Å². The average molecular weight is 252 g/mol. The van der Waals surface area contributed by atoms with Gasteiger partial charge >= 0.3 is 0 Å². The predicted molar refractivity (Wildman–Crippen MR) is 74.3 cm³/mol. The van der Waals surface area contributed by atoms with Gasteiger partial charge in [0.05, 0.1) is 0 Å². The molecule has 2 fully saturated rings. The molecule has 0 bridgehead atoms. The Morgan fingerprint density at radius 1 is 1.33 bits per heavy atom. The summed E-state index contributed by atoms with van der Waals surface area (Å²) >= 11 is 0. The van der Waals surface area contributed by atoms with Gasteiger partial charge in [-0.1, -0.05) is 13.8 Å². The molecule has 0 aromatic heterocycles. The van der Waals surface area contributed by atoms with Crippen LogP contribution in [0, 0.1) is 17.3 Å². The molecule has 2 aliphatic rings. The maximum atomic E-state index is 12.5. The molecule has 1 amide bonds. The second kappa shape index (κ2) is 5.20. The van der Waals surface area contributed by atoms with Crippen LogP contribution in [-0.4, -0.2) is 36.5 Å². The van der Waals surface area contributed by atoms with Crippen LogP contribution in [0.15, 0.2) is 0 Å². The molecule has 18 heavy (non-hydrogen) atoms. The van der Waals surface area contributed by atoms with E-state index >= 15 is 0 Å². The van der Waals surface area contributed by atoms with Crippen LogP contribution in [0.4, 0.5) is 0 Å². The van der Waals surface area contributed by atoms with E-state index in [2.05, 4.69) is 37.9 Å². The zero-order chi connectivity index (χ0) is 13.3. The summed E-state index contributed by atoms with van der Waals surface area (Å²) in [4.78, 5) is 14.7. The first-order valence-electron chi connectivity index (χ1n) is 7.43. The van der Waals surface area contributed by atoms with Crippen molar-refractivity contribution in [1.29, 1.82) is 0 Å². The zero-order valence-electron chi connectivity index (χ0n) is 12.3. The molecule has 3 heteroatoms. The van der Waals surface area contributed by atoms with Gasteiger partial charge in [0.15, 0.2) is 0 Å². The molecule has 0 aromatic rings. The zero-order valence-corrected chi connectivity index (χ0v) is 12.3. The van der Waals surface area contributed by atoms with Gasteiger partial charge in [0.1, 0.15) is 0 Å². The highest BCUT2D eigenvalue weighted by atomic mass is 16.2. The lowest BCUT2D eigenvalue weighted by atomic mass is 9.96. The molecule has 1 saturated heterocycles. The van der Waals surface area contributed by atoms with E-state index in [-0.39, 0.29) is 11.3 Å². The lowest BCUT2D eigenvalue weighted by Gasteiger charge is -2.33. The van der Waals surface area contributed by atoms with Crippen molar-refractivity contribution in [3.8, 4) is 0 Å². The van der Waals surface area contributed by atoms with E-state index < -0.39 is 0 Å². The summed E-state index contributed by atoms with van der Waals surface area (Å²) in [7, 11) is 0. The molecule has 1 aliphatic heterocycles. The third-order valence-corrected chi connectivity index (χ3v) is 4.63. The lowest BCUT2D eigenvalue weighted by Crippen LogP contribution is -2.44. The summed E-state index contributed by atoms with van der Waals surface area (Å²) in [5.74, 6) is 1.37. The standard InChI is InChI=1S/C15H28N2O/c1-11(2)17(10-12-5-7-16-8-6-12)14(18)13-9-15(13,3)4/h11-13,16H,5-10H2,1-4H3. The second-order valence-electron chi connectivity index (χ2n) is 7.02. The largest absolute Gasteiger partial charge is 0.340 e. The summed E-state index contributed by atoms with van der Waals surface area (Å²) in [5, 5.41) is 3.39. The van der Waals surface area contributed by atoms with Gasteiger partial charge in [-0.25, -0.2) is 0 Å². The number of carbonyl (C=O) groups is 1. The van der Waals surface area contributed by atoms with Gasteiger partial charge in [-0.3, -0.25) is 4.79 Å². The van der Waals surface area contributed by atoms with Crippen molar-refractivity contribution in [2.45, 2.75) is 53.0 Å². The molecule has 1 aliphatic carbocycles. The SMILES string of the molecule is CC(C)N(CC1CCNCC1)C(=O)C1CC1(C)C. The van der Waals surface area contributed by atoms with Crippen molar-refractivity contribution < 1.29 is 4.79 Å². The third kappa shape index (κ3) is 3.05. The number of nitrogens with one attached hydrogen (secondary N) is 1. The highest BCUT2D eigenvalue weighted by Crippen LogP contribution is 2.52. The number of rotatable bonds is 4. The van der Waals surface area contributed by atoms with Crippen molar-refractivity contribution in [3.63, 3.8) is 0 Å². The summed E-state index contributed by atoms with van der Waals surface area (Å²) in [6.45, 7) is 11.9. The first-order chi connectivity index (χ1) is 8.42. The summed E-state index contributed by atoms with van der Waals surface area (Å²) in [6.07, 6.45) is 3.50. The molecular formula is C15H28N2O. The number of hydrogen-bond acceptors (Lipinski definition) is 2. The van der Waals surface area contributed by atoms with Crippen molar-refractivity contribution in [2.24, 2.45) is 17.3 Å². The highest BCUT2D eigenvalue weighted by molar-refractivity contribution is 5.82. The minimum absolute atomic E-state index is 0.248. The average Bonchev–Trinajstić information content (AvgIpc) is 2.95. The van der Waals surface area contributed by atoms with E-state index in [0.717, 1.165) is 26.1 Å². The van der Waals surface area contributed by atoms with E-state index in [0.29, 0.717) is 17.9 Å². The van der Waals surface area contributed by atoms with Crippen LogP contribution >= 0.6 is 0 Å². The summed E-state index contributed by atoms with van der Waals surface area (Å²) in [5.41, 5.74) is 0.248. The molecule has 104 valence electrons. The van der Waals surface area contributed by atoms with Crippen LogP contribution in [0.25, 0.3) is 0 Å². The number of nitrogens with zero attached hydrogens (tertiary/aromatic N) is 1. The van der Waals surface area contributed by atoms with Gasteiger partial charge < -0.3 is 10.2 Å². The Bertz CT molecular complexity index is 306. The number of hydrogen-bond donors (Lipinski definition) is 1. The Morgan fingerprint density at radius 3 is 2.33 bits per heavy atom. The fourth-order valence-corrected chi connectivity index (χ4v) is 2.99. The number of carbonyl (C=O) groups excluding carboxylic acids is 1. The Kier molecular flexibility index (Phi) is 4.00. The van der Waals surface area contributed by atoms with Crippen LogP contribution < -0.4 is 5.32 Å². The highest BCUT2D eigenvalue weighted by Gasteiger charge is 2.52. The maximum absolute atomic E-state index is 12.5. The molecule has 1 N–H and O–H groups in total. The molecule has 2 rings (SSSR count). The van der Waals surface area contributed by atoms with E-state index in [1.807, 2.05) is 0 Å². The van der Waals surface area contributed by atoms with Crippen molar-refractivity contribution in [3.05, 3.63) is 0 Å². The van der Waals surface area contributed by atoms with Crippen LogP contribution in [-0.2, 0) is 4.79 Å². The normalized spacial score (nSPS) is 27.3. The smallest absolute Gasteiger partial charge is 0.226 e. The lowest BCUT2D eigenvalue weighted by molar-refractivity contribution is -0.135. The quantitative estimate of drug-likeness (QED) is 0.832. The maximum Gasteiger partial charge on any atom is 0.226 e. The second-order valence-corrected chi connectivity index (χ2v) is 7.02. The van der Waals surface area contributed by atoms with Crippen LogP contribution in [0.3, 0.4) is 0 Å². The van der Waals surface area contributed by atoms with Crippen molar-refractivity contribution in [1.82, 2.24) is 10.2 Å². The van der Waals surface area contributed by atoms with Gasteiger partial charge in [0.2, 0.25) is 5.91 Å². The molecule has 1 atom stereocenters. The Morgan fingerprint density at radius 2 is 1.89 bits per heavy atom. The fraction of sp³-hybridized carbons (Fsp3) is 0.933. The van der Waals surface area contributed by atoms with Crippen LogP contribution in [0.5, 0.6) is 0 Å². The van der Waals surface area contributed by atoms with Gasteiger partial charge in [0, 0.05) is 18.5 Å². The van der Waals surface area contributed by atoms with Crippen molar-refractivity contribution in [2.75, 3.05) is 19.6 Å². The van der Waals surface area contributed by atoms with E-state index in [9.17, 15) is 4.79 Å². The molecule has 1 heterocycles. The molecule has 1 unspecified atom stereocenters. The molecule has 0 radical (unpaired) electrons. The van der Waals surface area contributed by atoms with E-state index in [1.165, 1.54) is 12.8 Å². The van der Waals surface area contributed by atoms with E-state index in [4.69, 9.17) is 0 Å². The third-order valence-electron chi connectivity index (χ3n) is 4.63. The minimum Gasteiger partial charge on any atom is -0.340 e. The predicted octanol–water partition coefficient (Wildman–Crippen LogP) is 2.27. The van der Waals surface area contributed by atoms with Gasteiger partial charge in [0.25, 0.3) is 0 Å². The first-order valence-corrected chi connectivity index (χ1v) is 7.43. The molecule has 0 aromatic carbocycles. The molecule has 3 nitrogen and oxygen atoms in total. The number of amides is 1. The minimum atomic E-state index is 0.248. The van der Waals surface area contributed by atoms with Crippen LogP contribution in [0.2, 0.25) is 0 Å². The van der Waals surface area contributed by atoms with Crippen molar-refractivity contribution >= 4 is 5.91 Å².